The lowest BCUT2D eigenvalue weighted by Gasteiger charge is -2.41. The Bertz CT molecular complexity index is 1030. The van der Waals surface area contributed by atoms with Gasteiger partial charge in [-0.15, -0.1) is 0 Å². The van der Waals surface area contributed by atoms with Crippen LogP contribution in [0.1, 0.15) is 31.9 Å². The first-order valence-electron chi connectivity index (χ1n) is 12.1. The van der Waals surface area contributed by atoms with E-state index in [4.69, 9.17) is 19.2 Å². The van der Waals surface area contributed by atoms with Crippen molar-refractivity contribution < 1.29 is 18.8 Å². The van der Waals surface area contributed by atoms with E-state index in [1.165, 1.54) is 0 Å². The fourth-order valence-corrected chi connectivity index (χ4v) is 5.56. The molecule has 0 aromatic heterocycles. The number of aliphatic imine (C=N–C) groups is 1. The highest BCUT2D eigenvalue weighted by Gasteiger charge is 2.51. The van der Waals surface area contributed by atoms with Crippen LogP contribution in [0.5, 0.6) is 0 Å². The van der Waals surface area contributed by atoms with Crippen molar-refractivity contribution >= 4 is 34.5 Å². The number of fused-ring (bicyclic) bond motifs is 1. The molecule has 9 heteroatoms. The van der Waals surface area contributed by atoms with E-state index in [0.29, 0.717) is 13.2 Å². The Hall–Kier alpha value is -1.88. The minimum Gasteiger partial charge on any atom is -0.591 e. The number of hydrogen-bond acceptors (Lipinski definition) is 8. The van der Waals surface area contributed by atoms with Crippen molar-refractivity contribution in [3.05, 3.63) is 71.8 Å². The van der Waals surface area contributed by atoms with Crippen LogP contribution in [-0.4, -0.2) is 69.5 Å². The fourth-order valence-electron chi connectivity index (χ4n) is 3.87. The normalized spacial score (nSPS) is 27.1. The van der Waals surface area contributed by atoms with Gasteiger partial charge in [0.2, 0.25) is 0 Å². The maximum absolute atomic E-state index is 12.7. The van der Waals surface area contributed by atoms with E-state index in [9.17, 15) is 4.55 Å². The summed E-state index contributed by atoms with van der Waals surface area (Å²) in [4.78, 5) is 6.93. The fraction of sp³-hybridized carbons (Fsp3) is 0.481. The second kappa shape index (κ2) is 12.1. The number of ether oxygens (including phenoxy) is 3. The van der Waals surface area contributed by atoms with Crippen molar-refractivity contribution in [3.63, 3.8) is 0 Å². The zero-order valence-electron chi connectivity index (χ0n) is 21.4. The van der Waals surface area contributed by atoms with Crippen molar-refractivity contribution in [3.8, 4) is 0 Å². The lowest BCUT2D eigenvalue weighted by Crippen LogP contribution is -2.57. The first-order chi connectivity index (χ1) is 17.2. The van der Waals surface area contributed by atoms with Crippen molar-refractivity contribution in [1.82, 2.24) is 4.90 Å². The standard InChI is InChI=1S/C27H35N3O4S2/c1-27(2,3)36(31)28-16-21-23(32-17-19-12-8-6-9-13-19)24(33-18-20-14-10-7-11-15-20)22-25(34-21)35-26(29-22)30(4)5/h6-16,21-25H,17-18H2,1-5H3/t21-,22-,23-,24-,25-,36?/m1/s1. The van der Waals surface area contributed by atoms with Crippen molar-refractivity contribution in [1.29, 1.82) is 0 Å². The molecule has 0 bridgehead atoms. The van der Waals surface area contributed by atoms with E-state index in [-0.39, 0.29) is 17.6 Å². The molecule has 6 atom stereocenters. The van der Waals surface area contributed by atoms with Gasteiger partial charge in [0.25, 0.3) is 0 Å². The highest BCUT2D eigenvalue weighted by molar-refractivity contribution is 8.14. The van der Waals surface area contributed by atoms with Crippen molar-refractivity contribution in [2.75, 3.05) is 14.1 Å². The molecule has 2 aromatic carbocycles. The summed E-state index contributed by atoms with van der Waals surface area (Å²) in [6.45, 7) is 6.52. The van der Waals surface area contributed by atoms with Crippen LogP contribution in [-0.2, 0) is 38.8 Å². The molecular weight excluding hydrogens is 494 g/mol. The van der Waals surface area contributed by atoms with E-state index in [0.717, 1.165) is 16.3 Å². The summed E-state index contributed by atoms with van der Waals surface area (Å²) >= 11 is 0.159. The topological polar surface area (TPSA) is 78.7 Å². The van der Waals surface area contributed by atoms with Gasteiger partial charge in [0.15, 0.2) is 5.17 Å². The molecule has 2 aromatic rings. The molecule has 1 saturated heterocycles. The third kappa shape index (κ3) is 6.90. The van der Waals surface area contributed by atoms with E-state index in [2.05, 4.69) is 4.40 Å². The Morgan fingerprint density at radius 2 is 1.56 bits per heavy atom. The number of benzene rings is 2. The lowest BCUT2D eigenvalue weighted by molar-refractivity contribution is -0.178. The summed E-state index contributed by atoms with van der Waals surface area (Å²) in [6.07, 6.45) is 0.241. The lowest BCUT2D eigenvalue weighted by atomic mass is 9.98. The molecule has 194 valence electrons. The molecular formula is C27H35N3O4S2. The molecule has 0 saturated carbocycles. The van der Waals surface area contributed by atoms with Gasteiger partial charge in [-0.25, -0.2) is 0 Å². The molecule has 1 fully saturated rings. The maximum Gasteiger partial charge on any atom is 0.161 e. The summed E-state index contributed by atoms with van der Waals surface area (Å²) < 4.78 is 36.1. The maximum atomic E-state index is 12.7. The minimum absolute atomic E-state index is 0.241. The summed E-state index contributed by atoms with van der Waals surface area (Å²) in [6, 6.07) is 19.8. The molecule has 0 aliphatic carbocycles. The van der Waals surface area contributed by atoms with Crippen LogP contribution in [0.3, 0.4) is 0 Å². The number of hydrogen-bond donors (Lipinski definition) is 0. The van der Waals surface area contributed by atoms with Gasteiger partial charge < -0.3 is 23.7 Å². The van der Waals surface area contributed by atoms with Crippen molar-refractivity contribution in [2.24, 2.45) is 9.39 Å². The third-order valence-electron chi connectivity index (χ3n) is 5.82. The SMILES string of the molecule is CN(C)C1=N[C@@H]2[C@@H](OCc3ccccc3)[C@H](OCc3ccccc3)[C@@H](C=N[S+]([O-])C(C)(C)C)O[C@@H]2S1. The van der Waals surface area contributed by atoms with Crippen molar-refractivity contribution in [2.45, 2.75) is 68.5 Å². The molecule has 1 unspecified atom stereocenters. The van der Waals surface area contributed by atoms with Gasteiger partial charge in [0, 0.05) is 14.1 Å². The average molecular weight is 530 g/mol. The molecule has 2 aliphatic heterocycles. The Kier molecular flexibility index (Phi) is 9.14. The summed E-state index contributed by atoms with van der Waals surface area (Å²) in [5, 5.41) is 0.885. The number of amidine groups is 1. The Balaban J connectivity index is 1.63. The van der Waals surface area contributed by atoms with Crippen LogP contribution < -0.4 is 0 Å². The van der Waals surface area contributed by atoms with Gasteiger partial charge in [0.05, 0.1) is 19.4 Å². The molecule has 0 radical (unpaired) electrons. The first-order valence-corrected chi connectivity index (χ1v) is 14.1. The second-order valence-corrected chi connectivity index (χ2v) is 13.0. The molecule has 36 heavy (non-hydrogen) atoms. The molecule has 4 rings (SSSR count). The van der Waals surface area contributed by atoms with Gasteiger partial charge in [-0.3, -0.25) is 4.99 Å². The highest BCUT2D eigenvalue weighted by Crippen LogP contribution is 2.39. The predicted octanol–water partition coefficient (Wildman–Crippen LogP) is 4.45. The zero-order chi connectivity index (χ0) is 25.7. The van der Waals surface area contributed by atoms with Crippen LogP contribution in [0.4, 0.5) is 0 Å². The molecule has 0 N–H and O–H groups in total. The van der Waals surface area contributed by atoms with Crippen LogP contribution in [0.2, 0.25) is 0 Å². The molecule has 2 aliphatic rings. The van der Waals surface area contributed by atoms with Gasteiger partial charge in [-0.1, -0.05) is 76.8 Å². The quantitative estimate of drug-likeness (QED) is 0.371. The zero-order valence-corrected chi connectivity index (χ0v) is 23.1. The van der Waals surface area contributed by atoms with E-state index in [1.54, 1.807) is 18.0 Å². The Morgan fingerprint density at radius 1 is 1.00 bits per heavy atom. The Labute approximate surface area is 221 Å². The largest absolute Gasteiger partial charge is 0.591 e. The van der Waals surface area contributed by atoms with Crippen LogP contribution in [0, 0.1) is 0 Å². The second-order valence-electron chi connectivity index (χ2n) is 10.0. The minimum atomic E-state index is -1.41. The number of rotatable bonds is 8. The molecule has 0 amide bonds. The average Bonchev–Trinajstić information content (AvgIpc) is 3.29. The van der Waals surface area contributed by atoms with Crippen LogP contribution in [0.15, 0.2) is 70.1 Å². The van der Waals surface area contributed by atoms with Gasteiger partial charge in [-0.05, 0) is 31.9 Å². The molecule has 2 heterocycles. The summed E-state index contributed by atoms with van der Waals surface area (Å²) in [7, 11) is 3.94. The summed E-state index contributed by atoms with van der Waals surface area (Å²) in [5.74, 6) is 0. The summed E-state index contributed by atoms with van der Waals surface area (Å²) in [5.41, 5.74) is 1.87. The number of thioether (sulfide) groups is 1. The molecule has 7 nitrogen and oxygen atoms in total. The number of nitrogens with zero attached hydrogens (tertiary/aromatic N) is 3. The van der Waals surface area contributed by atoms with Gasteiger partial charge in [-0.2, -0.15) is 0 Å². The van der Waals surface area contributed by atoms with Crippen LogP contribution in [0.25, 0.3) is 0 Å². The predicted molar refractivity (Wildman–Crippen MR) is 148 cm³/mol. The van der Waals surface area contributed by atoms with Gasteiger partial charge >= 0.3 is 0 Å². The Morgan fingerprint density at radius 3 is 2.08 bits per heavy atom. The monoisotopic (exact) mass is 529 g/mol. The first kappa shape index (κ1) is 27.2. The van der Waals surface area contributed by atoms with E-state index in [1.807, 2.05) is 100 Å². The third-order valence-corrected chi connectivity index (χ3v) is 8.48. The highest BCUT2D eigenvalue weighted by atomic mass is 32.2. The molecule has 0 spiro atoms. The smallest absolute Gasteiger partial charge is 0.161 e. The van der Waals surface area contributed by atoms with Gasteiger partial charge in [0.1, 0.15) is 45.9 Å². The van der Waals surface area contributed by atoms with E-state index >= 15 is 0 Å². The van der Waals surface area contributed by atoms with E-state index < -0.39 is 28.3 Å². The van der Waals surface area contributed by atoms with Crippen LogP contribution >= 0.6 is 11.8 Å².